The molecular formula is C19H23N3O4S2. The molecule has 28 heavy (non-hydrogen) atoms. The van der Waals surface area contributed by atoms with Gasteiger partial charge in [0.2, 0.25) is 21.8 Å². The number of likely N-dealkylation sites (N-methyl/N-ethyl adjacent to an activating group) is 1. The van der Waals surface area contributed by atoms with E-state index in [2.05, 4.69) is 5.32 Å². The molecule has 0 radical (unpaired) electrons. The summed E-state index contributed by atoms with van der Waals surface area (Å²) in [5, 5.41) is 4.64. The third-order valence-corrected chi connectivity index (χ3v) is 7.40. The van der Waals surface area contributed by atoms with Crippen LogP contribution in [0.2, 0.25) is 0 Å². The molecule has 0 saturated heterocycles. The molecule has 0 saturated carbocycles. The fourth-order valence-electron chi connectivity index (χ4n) is 3.37. The van der Waals surface area contributed by atoms with Gasteiger partial charge >= 0.3 is 0 Å². The van der Waals surface area contributed by atoms with Crippen molar-refractivity contribution in [3.63, 3.8) is 0 Å². The summed E-state index contributed by atoms with van der Waals surface area (Å²) >= 11 is 1.53. The van der Waals surface area contributed by atoms with Crippen LogP contribution in [0.3, 0.4) is 0 Å². The first-order chi connectivity index (χ1) is 13.2. The van der Waals surface area contributed by atoms with Crippen molar-refractivity contribution < 1.29 is 18.0 Å². The number of carbonyl (C=O) groups excluding carboxylic acids is 2. The highest BCUT2D eigenvalue weighted by Crippen LogP contribution is 2.34. The van der Waals surface area contributed by atoms with Gasteiger partial charge in [0, 0.05) is 30.6 Å². The smallest absolute Gasteiger partial charge is 0.243 e. The lowest BCUT2D eigenvalue weighted by molar-refractivity contribution is -0.121. The van der Waals surface area contributed by atoms with Crippen molar-refractivity contribution in [2.75, 3.05) is 18.5 Å². The largest absolute Gasteiger partial charge is 0.350 e. The van der Waals surface area contributed by atoms with Crippen LogP contribution >= 0.6 is 11.3 Å². The third-order valence-electron chi connectivity index (χ3n) is 4.72. The van der Waals surface area contributed by atoms with E-state index >= 15 is 0 Å². The van der Waals surface area contributed by atoms with Gasteiger partial charge in [-0.25, -0.2) is 8.42 Å². The number of amides is 2. The van der Waals surface area contributed by atoms with Crippen LogP contribution in [0.4, 0.5) is 5.69 Å². The topological polar surface area (TPSA) is 86.8 Å². The number of rotatable bonds is 6. The zero-order chi connectivity index (χ0) is 20.5. The average Bonchev–Trinajstić information content (AvgIpc) is 3.25. The van der Waals surface area contributed by atoms with Gasteiger partial charge < -0.3 is 10.2 Å². The number of nitrogens with one attached hydrogen (secondary N) is 1. The summed E-state index contributed by atoms with van der Waals surface area (Å²) in [5.74, 6) is -0.432. The normalized spacial score (nSPS) is 16.3. The summed E-state index contributed by atoms with van der Waals surface area (Å²) in [7, 11) is -2.42. The number of sulfonamides is 1. The molecule has 0 bridgehead atoms. The van der Waals surface area contributed by atoms with Gasteiger partial charge in [0.15, 0.2) is 0 Å². The fourth-order valence-corrected chi connectivity index (χ4v) is 5.19. The number of anilines is 1. The molecule has 2 amide bonds. The van der Waals surface area contributed by atoms with E-state index in [1.807, 2.05) is 24.4 Å². The Balaban J connectivity index is 1.71. The van der Waals surface area contributed by atoms with E-state index in [0.29, 0.717) is 13.0 Å². The maximum absolute atomic E-state index is 12.9. The molecule has 1 aromatic heterocycles. The number of thiophene rings is 1. The van der Waals surface area contributed by atoms with Crippen LogP contribution in [0, 0.1) is 0 Å². The molecule has 2 heterocycles. The average molecular weight is 422 g/mol. The fraction of sp³-hybridized carbons (Fsp3) is 0.368. The molecule has 1 unspecified atom stereocenters. The Hall–Kier alpha value is -2.23. The van der Waals surface area contributed by atoms with E-state index in [1.54, 1.807) is 17.0 Å². The Bertz CT molecular complexity index is 987. The van der Waals surface area contributed by atoms with E-state index in [0.717, 1.165) is 20.4 Å². The number of nitrogens with zero attached hydrogens (tertiary/aromatic N) is 2. The lowest BCUT2D eigenvalue weighted by Gasteiger charge is -2.21. The van der Waals surface area contributed by atoms with Crippen LogP contribution < -0.4 is 10.2 Å². The maximum Gasteiger partial charge on any atom is 0.243 e. The minimum Gasteiger partial charge on any atom is -0.350 e. The van der Waals surface area contributed by atoms with Gasteiger partial charge in [-0.15, -0.1) is 11.3 Å². The second-order valence-corrected chi connectivity index (χ2v) is 9.93. The molecule has 2 aromatic rings. The van der Waals surface area contributed by atoms with Crippen LogP contribution in [0.25, 0.3) is 0 Å². The molecule has 7 nitrogen and oxygen atoms in total. The highest BCUT2D eigenvalue weighted by molar-refractivity contribution is 7.89. The van der Waals surface area contributed by atoms with Gasteiger partial charge in [-0.05, 0) is 48.6 Å². The van der Waals surface area contributed by atoms with Crippen LogP contribution in [0.1, 0.15) is 24.3 Å². The minimum atomic E-state index is -3.81. The lowest BCUT2D eigenvalue weighted by Crippen LogP contribution is -2.38. The summed E-state index contributed by atoms with van der Waals surface area (Å²) in [6.45, 7) is 3.54. The van der Waals surface area contributed by atoms with E-state index < -0.39 is 10.0 Å². The summed E-state index contributed by atoms with van der Waals surface area (Å²) in [5.41, 5.74) is 1.56. The van der Waals surface area contributed by atoms with Crippen LogP contribution in [-0.2, 0) is 32.6 Å². The first-order valence-electron chi connectivity index (χ1n) is 8.88. The molecule has 1 aliphatic heterocycles. The molecule has 0 fully saturated rings. The van der Waals surface area contributed by atoms with Crippen LogP contribution in [0.15, 0.2) is 40.6 Å². The van der Waals surface area contributed by atoms with Crippen LogP contribution in [-0.4, -0.2) is 44.2 Å². The molecule has 0 aliphatic carbocycles. The highest BCUT2D eigenvalue weighted by atomic mass is 32.2. The number of benzene rings is 1. The Morgan fingerprint density at radius 3 is 2.71 bits per heavy atom. The van der Waals surface area contributed by atoms with Gasteiger partial charge in [0.05, 0.1) is 18.0 Å². The maximum atomic E-state index is 12.9. The second-order valence-electron chi connectivity index (χ2n) is 6.85. The summed E-state index contributed by atoms with van der Waals surface area (Å²) in [6.07, 6.45) is 0.600. The zero-order valence-electron chi connectivity index (χ0n) is 16.0. The minimum absolute atomic E-state index is 0.00814. The number of fused-ring (bicyclic) bond motifs is 1. The molecule has 1 N–H and O–H groups in total. The van der Waals surface area contributed by atoms with Gasteiger partial charge in [-0.3, -0.25) is 9.59 Å². The Morgan fingerprint density at radius 2 is 2.07 bits per heavy atom. The Labute approximate surface area is 169 Å². The van der Waals surface area contributed by atoms with Crippen molar-refractivity contribution in [2.24, 2.45) is 0 Å². The zero-order valence-corrected chi connectivity index (χ0v) is 17.6. The van der Waals surface area contributed by atoms with Crippen molar-refractivity contribution >= 4 is 38.9 Å². The first kappa shape index (κ1) is 20.5. The Morgan fingerprint density at radius 1 is 1.32 bits per heavy atom. The van der Waals surface area contributed by atoms with Gasteiger partial charge in [-0.1, -0.05) is 6.07 Å². The van der Waals surface area contributed by atoms with Gasteiger partial charge in [0.1, 0.15) is 0 Å². The third kappa shape index (κ3) is 4.11. The van der Waals surface area contributed by atoms with E-state index in [-0.39, 0.29) is 29.3 Å². The van der Waals surface area contributed by atoms with Crippen molar-refractivity contribution in [3.8, 4) is 0 Å². The van der Waals surface area contributed by atoms with E-state index in [4.69, 9.17) is 0 Å². The van der Waals surface area contributed by atoms with Crippen LogP contribution in [0.5, 0.6) is 0 Å². The number of hydrogen-bond acceptors (Lipinski definition) is 5. The summed E-state index contributed by atoms with van der Waals surface area (Å²) < 4.78 is 26.8. The summed E-state index contributed by atoms with van der Waals surface area (Å²) in [6, 6.07) is 8.54. The van der Waals surface area contributed by atoms with Crippen molar-refractivity contribution in [2.45, 2.75) is 37.8 Å². The van der Waals surface area contributed by atoms with E-state index in [1.165, 1.54) is 31.4 Å². The molecule has 1 atom stereocenters. The molecule has 0 spiro atoms. The molecule has 9 heteroatoms. The first-order valence-corrected chi connectivity index (χ1v) is 11.2. The molecular weight excluding hydrogens is 398 g/mol. The van der Waals surface area contributed by atoms with Gasteiger partial charge in [-0.2, -0.15) is 4.31 Å². The van der Waals surface area contributed by atoms with Gasteiger partial charge in [0.25, 0.3) is 0 Å². The molecule has 3 rings (SSSR count). The quantitative estimate of drug-likeness (QED) is 0.773. The highest BCUT2D eigenvalue weighted by Gasteiger charge is 2.31. The molecule has 1 aromatic carbocycles. The van der Waals surface area contributed by atoms with E-state index in [9.17, 15) is 18.0 Å². The molecule has 1 aliphatic rings. The summed E-state index contributed by atoms with van der Waals surface area (Å²) in [4.78, 5) is 26.7. The number of hydrogen-bond donors (Lipinski definition) is 1. The SMILES string of the molecule is CC(=O)N1c2ccc(S(=O)(=O)N(C)CC(=O)NCc3cccs3)cc2CC1C. The second kappa shape index (κ2) is 8.02. The monoisotopic (exact) mass is 421 g/mol. The predicted molar refractivity (Wildman–Crippen MR) is 109 cm³/mol. The number of carbonyl (C=O) groups is 2. The predicted octanol–water partition coefficient (Wildman–Crippen LogP) is 1.98. The Kier molecular flexibility index (Phi) is 5.87. The van der Waals surface area contributed by atoms with Crippen molar-refractivity contribution in [3.05, 3.63) is 46.2 Å². The lowest BCUT2D eigenvalue weighted by atomic mass is 10.1. The van der Waals surface area contributed by atoms with Crippen molar-refractivity contribution in [1.29, 1.82) is 0 Å². The van der Waals surface area contributed by atoms with Crippen molar-refractivity contribution in [1.82, 2.24) is 9.62 Å². The standard InChI is InChI=1S/C19H23N3O4S2/c1-13-9-15-10-17(6-7-18(15)22(13)14(2)23)28(25,26)21(3)12-19(24)20-11-16-5-4-8-27-16/h4-8,10,13H,9,11-12H2,1-3H3,(H,20,24). The molecule has 150 valence electrons.